The molecule has 0 saturated carbocycles. The fourth-order valence-corrected chi connectivity index (χ4v) is 9.52. The van der Waals surface area contributed by atoms with Crippen LogP contribution in [0, 0.1) is 0 Å². The molecule has 13 aromatic rings. The molecule has 0 spiro atoms. The van der Waals surface area contributed by atoms with Crippen LogP contribution in [0.1, 0.15) is 0 Å². The van der Waals surface area contributed by atoms with E-state index in [1.54, 1.807) is 0 Å². The second-order valence-electron chi connectivity index (χ2n) is 15.0. The molecular weight excluding hydrogens is 711 g/mol. The van der Waals surface area contributed by atoms with Crippen molar-refractivity contribution in [3.05, 3.63) is 188 Å². The van der Waals surface area contributed by atoms with Crippen molar-refractivity contribution in [1.29, 1.82) is 0 Å². The Morgan fingerprint density at radius 2 is 0.931 bits per heavy atom. The first-order valence-corrected chi connectivity index (χ1v) is 19.6. The summed E-state index contributed by atoms with van der Waals surface area (Å²) in [6.07, 6.45) is 1.82. The quantitative estimate of drug-likeness (QED) is 0.180. The fourth-order valence-electron chi connectivity index (χ4n) is 9.52. The standard InChI is InChI=1S/C52H31N5O/c1-2-14-33(15-3-1)55-44-25-13-8-20-38(44)50-46(55)28-27-45(56-40-21-9-4-16-34(40)35-17-5-10-22-41(35)56)49(50)32-26-29-47-39(30-32)51-48(58-47)31-53-52(54-51)57-42-23-11-6-18-36(42)37-19-7-12-24-43(37)57/h1-31H. The molecule has 58 heavy (non-hydrogen) atoms. The van der Waals surface area contributed by atoms with Gasteiger partial charge in [-0.1, -0.05) is 115 Å². The molecule has 0 amide bonds. The SMILES string of the molecule is c1ccc(-n2c3ccccc3c3c(-c4ccc5oc6cnc(-n7c8ccccc8c8ccccc87)nc6c5c4)c(-n4c5ccccc5c5ccccc54)ccc32)cc1. The summed E-state index contributed by atoms with van der Waals surface area (Å²) in [6.45, 7) is 0. The van der Waals surface area contributed by atoms with E-state index in [2.05, 4.69) is 196 Å². The van der Waals surface area contributed by atoms with Gasteiger partial charge in [0.05, 0.1) is 45.0 Å². The van der Waals surface area contributed by atoms with Crippen molar-refractivity contribution in [3.8, 4) is 28.5 Å². The minimum absolute atomic E-state index is 0.608. The first-order chi connectivity index (χ1) is 28.8. The minimum Gasteiger partial charge on any atom is -0.453 e. The lowest BCUT2D eigenvalue weighted by molar-refractivity contribution is 0.665. The first kappa shape index (κ1) is 31.3. The zero-order chi connectivity index (χ0) is 37.9. The molecule has 0 N–H and O–H groups in total. The van der Waals surface area contributed by atoms with Gasteiger partial charge in [0.15, 0.2) is 5.58 Å². The summed E-state index contributed by atoms with van der Waals surface area (Å²) in [5.41, 5.74) is 13.4. The van der Waals surface area contributed by atoms with Gasteiger partial charge in [-0.25, -0.2) is 9.97 Å². The van der Waals surface area contributed by atoms with E-state index in [0.29, 0.717) is 11.5 Å². The average Bonchev–Trinajstić information content (AvgIpc) is 4.02. The topological polar surface area (TPSA) is 53.7 Å². The van der Waals surface area contributed by atoms with Crippen molar-refractivity contribution >= 4 is 87.5 Å². The molecule has 0 aliphatic heterocycles. The lowest BCUT2D eigenvalue weighted by Gasteiger charge is -2.17. The maximum Gasteiger partial charge on any atom is 0.235 e. The lowest BCUT2D eigenvalue weighted by Crippen LogP contribution is -2.00. The molecule has 0 saturated heterocycles. The van der Waals surface area contributed by atoms with Crippen molar-refractivity contribution in [2.45, 2.75) is 0 Å². The third-order valence-corrected chi connectivity index (χ3v) is 11.9. The van der Waals surface area contributed by atoms with E-state index in [-0.39, 0.29) is 0 Å². The van der Waals surface area contributed by atoms with Crippen molar-refractivity contribution in [2.24, 2.45) is 0 Å². The number of furan rings is 1. The normalized spacial score (nSPS) is 12.1. The third kappa shape index (κ3) is 4.26. The summed E-state index contributed by atoms with van der Waals surface area (Å²) >= 11 is 0. The van der Waals surface area contributed by atoms with Crippen LogP contribution in [0.3, 0.4) is 0 Å². The molecule has 8 aromatic carbocycles. The van der Waals surface area contributed by atoms with E-state index >= 15 is 0 Å². The molecule has 6 heteroatoms. The summed E-state index contributed by atoms with van der Waals surface area (Å²) in [5, 5.41) is 8.10. The molecule has 0 aliphatic carbocycles. The number of nitrogens with zero attached hydrogens (tertiary/aromatic N) is 5. The van der Waals surface area contributed by atoms with Gasteiger partial charge in [0.2, 0.25) is 5.95 Å². The Morgan fingerprint density at radius 1 is 0.397 bits per heavy atom. The second-order valence-corrected chi connectivity index (χ2v) is 15.0. The fraction of sp³-hybridized carbons (Fsp3) is 0. The Labute approximate surface area is 331 Å². The van der Waals surface area contributed by atoms with Gasteiger partial charge in [-0.2, -0.15) is 0 Å². The lowest BCUT2D eigenvalue weighted by atomic mass is 9.96. The van der Waals surface area contributed by atoms with Crippen molar-refractivity contribution < 1.29 is 4.42 Å². The molecule has 0 aliphatic rings. The van der Waals surface area contributed by atoms with Gasteiger partial charge in [-0.3, -0.25) is 4.57 Å². The van der Waals surface area contributed by atoms with Crippen LogP contribution in [0.15, 0.2) is 193 Å². The Balaban J connectivity index is 1.14. The van der Waals surface area contributed by atoms with Crippen LogP contribution in [-0.2, 0) is 0 Å². The number of para-hydroxylation sites is 6. The van der Waals surface area contributed by atoms with Crippen LogP contribution >= 0.6 is 0 Å². The maximum atomic E-state index is 6.48. The van der Waals surface area contributed by atoms with Crippen LogP contribution in [0.2, 0.25) is 0 Å². The molecule has 6 nitrogen and oxygen atoms in total. The van der Waals surface area contributed by atoms with Crippen LogP contribution in [-0.4, -0.2) is 23.7 Å². The molecule has 270 valence electrons. The van der Waals surface area contributed by atoms with Gasteiger partial charge < -0.3 is 13.6 Å². The van der Waals surface area contributed by atoms with Gasteiger partial charge in [-0.15, -0.1) is 0 Å². The minimum atomic E-state index is 0.608. The third-order valence-electron chi connectivity index (χ3n) is 11.9. The Bertz CT molecular complexity index is 3700. The summed E-state index contributed by atoms with van der Waals surface area (Å²) < 4.78 is 13.5. The molecule has 0 radical (unpaired) electrons. The number of benzene rings is 8. The zero-order valence-corrected chi connectivity index (χ0v) is 31.0. The molecule has 0 atom stereocenters. The summed E-state index contributed by atoms with van der Waals surface area (Å²) in [4.78, 5) is 10.2. The summed E-state index contributed by atoms with van der Waals surface area (Å²) in [6, 6.07) is 64.9. The second kappa shape index (κ2) is 11.8. The molecule has 0 unspecified atom stereocenters. The predicted octanol–water partition coefficient (Wildman–Crippen LogP) is 13.3. The van der Waals surface area contributed by atoms with Crippen LogP contribution in [0.5, 0.6) is 0 Å². The van der Waals surface area contributed by atoms with Gasteiger partial charge in [0, 0.05) is 49.0 Å². The van der Waals surface area contributed by atoms with E-state index in [1.165, 1.54) is 32.3 Å². The van der Waals surface area contributed by atoms with Crippen LogP contribution < -0.4 is 0 Å². The monoisotopic (exact) mass is 741 g/mol. The van der Waals surface area contributed by atoms with Crippen molar-refractivity contribution in [2.75, 3.05) is 0 Å². The highest BCUT2D eigenvalue weighted by molar-refractivity contribution is 6.20. The highest BCUT2D eigenvalue weighted by Gasteiger charge is 2.24. The smallest absolute Gasteiger partial charge is 0.235 e. The van der Waals surface area contributed by atoms with Gasteiger partial charge in [0.1, 0.15) is 11.1 Å². The van der Waals surface area contributed by atoms with Crippen LogP contribution in [0.4, 0.5) is 0 Å². The highest BCUT2D eigenvalue weighted by atomic mass is 16.3. The molecule has 5 aromatic heterocycles. The van der Waals surface area contributed by atoms with E-state index in [0.717, 1.165) is 72.1 Å². The number of hydrogen-bond donors (Lipinski definition) is 0. The zero-order valence-electron chi connectivity index (χ0n) is 31.0. The Morgan fingerprint density at radius 3 is 1.55 bits per heavy atom. The van der Waals surface area contributed by atoms with Crippen molar-refractivity contribution in [1.82, 2.24) is 23.7 Å². The Kier molecular flexibility index (Phi) is 6.35. The average molecular weight is 742 g/mol. The predicted molar refractivity (Wildman–Crippen MR) is 238 cm³/mol. The van der Waals surface area contributed by atoms with E-state index in [4.69, 9.17) is 14.4 Å². The summed E-state index contributed by atoms with van der Waals surface area (Å²) in [7, 11) is 0. The molecule has 0 bridgehead atoms. The molecule has 13 rings (SSSR count). The summed E-state index contributed by atoms with van der Waals surface area (Å²) in [5.74, 6) is 0.608. The largest absolute Gasteiger partial charge is 0.453 e. The van der Waals surface area contributed by atoms with Crippen molar-refractivity contribution in [3.63, 3.8) is 0 Å². The first-order valence-electron chi connectivity index (χ1n) is 19.6. The van der Waals surface area contributed by atoms with E-state index in [9.17, 15) is 0 Å². The number of hydrogen-bond acceptors (Lipinski definition) is 3. The molecular formula is C52H31N5O. The van der Waals surface area contributed by atoms with E-state index in [1.807, 2.05) is 6.20 Å². The molecule has 5 heterocycles. The van der Waals surface area contributed by atoms with Gasteiger partial charge in [-0.05, 0) is 72.3 Å². The van der Waals surface area contributed by atoms with Gasteiger partial charge >= 0.3 is 0 Å². The van der Waals surface area contributed by atoms with Crippen LogP contribution in [0.25, 0.3) is 116 Å². The number of rotatable bonds is 4. The number of aromatic nitrogens is 5. The maximum absolute atomic E-state index is 6.48. The highest BCUT2D eigenvalue weighted by Crippen LogP contribution is 2.45. The van der Waals surface area contributed by atoms with Gasteiger partial charge in [0.25, 0.3) is 0 Å². The number of fused-ring (bicyclic) bond motifs is 12. The molecule has 0 fully saturated rings. The Hall–Kier alpha value is -7.96. The van der Waals surface area contributed by atoms with E-state index < -0.39 is 0 Å².